The number of aromatic nitrogens is 1. The summed E-state index contributed by atoms with van der Waals surface area (Å²) in [6.07, 6.45) is 18.1. The number of rotatable bonds is 18. The number of urea groups is 1. The van der Waals surface area contributed by atoms with Crippen LogP contribution in [0.4, 0.5) is 16.2 Å². The van der Waals surface area contributed by atoms with E-state index in [1.54, 1.807) is 11.3 Å². The fourth-order valence-corrected chi connectivity index (χ4v) is 5.16. The van der Waals surface area contributed by atoms with Gasteiger partial charge in [-0.3, -0.25) is 0 Å². The predicted octanol–water partition coefficient (Wildman–Crippen LogP) is 6.12. The Morgan fingerprint density at radius 2 is 1.44 bits per heavy atom. The van der Waals surface area contributed by atoms with Gasteiger partial charge in [-0.15, -0.1) is 0 Å². The predicted molar refractivity (Wildman–Crippen MR) is 160 cm³/mol. The molecule has 7 heteroatoms. The van der Waals surface area contributed by atoms with Crippen molar-refractivity contribution in [2.75, 3.05) is 17.2 Å². The maximum absolute atomic E-state index is 12.5. The van der Waals surface area contributed by atoms with Crippen LogP contribution >= 0.6 is 11.3 Å². The van der Waals surface area contributed by atoms with E-state index in [-0.39, 0.29) is 23.0 Å². The molecule has 0 aliphatic rings. The Balaban J connectivity index is 0.00000533. The van der Waals surface area contributed by atoms with E-state index in [0.717, 1.165) is 30.1 Å². The number of nitrogens with zero attached hydrogens (tertiary/aromatic N) is 1. The molecule has 3 rings (SSSR count). The van der Waals surface area contributed by atoms with Gasteiger partial charge >= 0.3 is 6.03 Å². The third-order valence-corrected chi connectivity index (χ3v) is 7.51. The number of amides is 2. The van der Waals surface area contributed by atoms with Crippen molar-refractivity contribution in [3.63, 3.8) is 0 Å². The molecule has 0 bridgehead atoms. The standard InChI is InChI=1S/C32H45N3O2S.BrH/c1-3-4-5-6-7-8-9-10-11-12-13-14-22-37-31-17-15-16-30(23-31)34-32(36)33-29-20-18-28(19-21-29)25-35-24-27(2)38-26-35;/h15-21,23-24,26H,3-14,22,25H2,1-2H3,(H-,33,34,36);1H. The van der Waals surface area contributed by atoms with Gasteiger partial charge in [0, 0.05) is 23.0 Å². The first-order chi connectivity index (χ1) is 18.6. The summed E-state index contributed by atoms with van der Waals surface area (Å²) in [5, 5.41) is 5.81. The number of benzene rings is 2. The molecule has 2 aromatic carbocycles. The fourth-order valence-electron chi connectivity index (χ4n) is 4.52. The van der Waals surface area contributed by atoms with E-state index in [0.29, 0.717) is 6.61 Å². The van der Waals surface area contributed by atoms with E-state index in [1.165, 1.54) is 81.1 Å². The van der Waals surface area contributed by atoms with Crippen molar-refractivity contribution in [3.8, 4) is 5.75 Å². The summed E-state index contributed by atoms with van der Waals surface area (Å²) in [4.78, 5) is 13.8. The normalized spacial score (nSPS) is 10.6. The van der Waals surface area contributed by atoms with Gasteiger partial charge in [-0.25, -0.2) is 4.79 Å². The summed E-state index contributed by atoms with van der Waals surface area (Å²) in [7, 11) is 0. The maximum atomic E-state index is 12.5. The average molecular weight is 617 g/mol. The molecule has 0 radical (unpaired) electrons. The number of ether oxygens (including phenoxy) is 1. The Hall–Kier alpha value is -2.38. The molecule has 0 unspecified atom stereocenters. The minimum Gasteiger partial charge on any atom is -1.00 e. The van der Waals surface area contributed by atoms with Crippen LogP contribution in [0.5, 0.6) is 5.75 Å². The van der Waals surface area contributed by atoms with Crippen molar-refractivity contribution in [1.29, 1.82) is 0 Å². The number of aryl methyl sites for hydroxylation is 1. The minimum atomic E-state index is -0.265. The van der Waals surface area contributed by atoms with Gasteiger partial charge < -0.3 is 32.4 Å². The van der Waals surface area contributed by atoms with Gasteiger partial charge in [0.05, 0.1) is 11.5 Å². The van der Waals surface area contributed by atoms with Gasteiger partial charge in [0.25, 0.3) is 0 Å². The highest BCUT2D eigenvalue weighted by molar-refractivity contribution is 7.09. The molecule has 3 aromatic rings. The molecule has 0 spiro atoms. The molecule has 0 aliphatic heterocycles. The lowest BCUT2D eigenvalue weighted by Crippen LogP contribution is -3.00. The molecule has 0 aliphatic carbocycles. The number of thiazole rings is 1. The highest BCUT2D eigenvalue weighted by atomic mass is 79.9. The molecular formula is C32H46BrN3O2S. The van der Waals surface area contributed by atoms with Crippen molar-refractivity contribution in [1.82, 2.24) is 0 Å². The lowest BCUT2D eigenvalue weighted by Gasteiger charge is -2.10. The van der Waals surface area contributed by atoms with E-state index < -0.39 is 0 Å². The molecule has 0 saturated heterocycles. The number of unbranched alkanes of at least 4 members (excludes halogenated alkanes) is 11. The van der Waals surface area contributed by atoms with Gasteiger partial charge in [0.15, 0.2) is 12.7 Å². The number of nitrogens with one attached hydrogen (secondary N) is 2. The summed E-state index contributed by atoms with van der Waals surface area (Å²) in [6, 6.07) is 15.3. The first kappa shape index (κ1) is 32.8. The Morgan fingerprint density at radius 1 is 0.821 bits per heavy atom. The fraction of sp³-hybridized carbons (Fsp3) is 0.500. The molecule has 5 nitrogen and oxygen atoms in total. The van der Waals surface area contributed by atoms with E-state index in [9.17, 15) is 4.79 Å². The zero-order chi connectivity index (χ0) is 26.8. The largest absolute Gasteiger partial charge is 1.00 e. The minimum absolute atomic E-state index is 0. The Bertz CT molecular complexity index is 1070. The molecule has 0 fully saturated rings. The van der Waals surface area contributed by atoms with Crippen LogP contribution in [0.2, 0.25) is 0 Å². The second-order valence-corrected chi connectivity index (χ2v) is 11.3. The Kier molecular flexibility index (Phi) is 16.5. The molecule has 2 N–H and O–H groups in total. The number of hydrogen-bond acceptors (Lipinski definition) is 3. The van der Waals surface area contributed by atoms with Crippen LogP contribution in [0.15, 0.2) is 60.2 Å². The van der Waals surface area contributed by atoms with Crippen LogP contribution in [-0.4, -0.2) is 12.6 Å². The Labute approximate surface area is 250 Å². The van der Waals surface area contributed by atoms with Crippen LogP contribution in [0.25, 0.3) is 0 Å². The first-order valence-electron chi connectivity index (χ1n) is 14.5. The third-order valence-electron chi connectivity index (χ3n) is 6.66. The maximum Gasteiger partial charge on any atom is 0.323 e. The number of carbonyl (C=O) groups excluding carboxylic acids is 1. The molecule has 2 amide bonds. The SMILES string of the molecule is CCCCCCCCCCCCCCOc1cccc(NC(=O)Nc2ccc(C[n+]3csc(C)c3)cc2)c1.[Br-]. The van der Waals surface area contributed by atoms with Crippen LogP contribution in [0.3, 0.4) is 0 Å². The summed E-state index contributed by atoms with van der Waals surface area (Å²) < 4.78 is 8.10. The van der Waals surface area contributed by atoms with Crippen LogP contribution < -0.4 is 36.9 Å². The number of hydrogen-bond donors (Lipinski definition) is 2. The quantitative estimate of drug-likeness (QED) is 0.134. The molecular weight excluding hydrogens is 570 g/mol. The summed E-state index contributed by atoms with van der Waals surface area (Å²) in [6.45, 7) is 5.91. The van der Waals surface area contributed by atoms with Crippen LogP contribution in [0, 0.1) is 6.92 Å². The smallest absolute Gasteiger partial charge is 0.323 e. The van der Waals surface area contributed by atoms with Crippen molar-refractivity contribution in [3.05, 3.63) is 70.7 Å². The van der Waals surface area contributed by atoms with Gasteiger partial charge in [0.1, 0.15) is 5.75 Å². The van der Waals surface area contributed by atoms with E-state index in [4.69, 9.17) is 4.74 Å². The van der Waals surface area contributed by atoms with Crippen molar-refractivity contribution in [2.45, 2.75) is 97.4 Å². The topological polar surface area (TPSA) is 54.2 Å². The van der Waals surface area contributed by atoms with Crippen LogP contribution in [-0.2, 0) is 6.54 Å². The molecule has 1 heterocycles. The van der Waals surface area contributed by atoms with E-state index in [2.05, 4.69) is 40.8 Å². The second-order valence-electron chi connectivity index (χ2n) is 10.2. The summed E-state index contributed by atoms with van der Waals surface area (Å²) >= 11 is 1.74. The molecule has 0 saturated carbocycles. The van der Waals surface area contributed by atoms with Gasteiger partial charge in [-0.2, -0.15) is 4.57 Å². The van der Waals surface area contributed by atoms with Gasteiger partial charge in [-0.1, -0.05) is 107 Å². The molecule has 39 heavy (non-hydrogen) atoms. The van der Waals surface area contributed by atoms with E-state index >= 15 is 0 Å². The number of anilines is 2. The summed E-state index contributed by atoms with van der Waals surface area (Å²) in [5.41, 5.74) is 4.79. The van der Waals surface area contributed by atoms with E-state index in [1.807, 2.05) is 48.5 Å². The highest BCUT2D eigenvalue weighted by Gasteiger charge is 2.07. The zero-order valence-corrected chi connectivity index (χ0v) is 26.1. The van der Waals surface area contributed by atoms with Gasteiger partial charge in [0.2, 0.25) is 5.51 Å². The third kappa shape index (κ3) is 14.0. The lowest BCUT2D eigenvalue weighted by atomic mass is 10.1. The lowest BCUT2D eigenvalue weighted by molar-refractivity contribution is -0.683. The summed E-state index contributed by atoms with van der Waals surface area (Å²) in [5.74, 6) is 0.788. The van der Waals surface area contributed by atoms with Crippen molar-refractivity contribution in [2.24, 2.45) is 0 Å². The van der Waals surface area contributed by atoms with Gasteiger partial charge in [-0.05, 0) is 37.6 Å². The molecule has 214 valence electrons. The average Bonchev–Trinajstić information content (AvgIpc) is 3.32. The zero-order valence-electron chi connectivity index (χ0n) is 23.7. The second kappa shape index (κ2) is 19.6. The molecule has 0 atom stereocenters. The number of carbonyl (C=O) groups is 1. The monoisotopic (exact) mass is 615 g/mol. The Morgan fingerprint density at radius 3 is 2.05 bits per heavy atom. The highest BCUT2D eigenvalue weighted by Crippen LogP contribution is 2.19. The first-order valence-corrected chi connectivity index (χ1v) is 15.3. The van der Waals surface area contributed by atoms with Crippen LogP contribution in [0.1, 0.15) is 94.4 Å². The molecule has 1 aromatic heterocycles. The van der Waals surface area contributed by atoms with Crippen molar-refractivity contribution >= 4 is 28.7 Å². The number of halogens is 1. The van der Waals surface area contributed by atoms with Crippen molar-refractivity contribution < 1.29 is 31.1 Å².